The van der Waals surface area contributed by atoms with Gasteiger partial charge in [-0.05, 0) is 55.1 Å². The molecule has 0 fully saturated rings. The molecule has 0 bridgehead atoms. The summed E-state index contributed by atoms with van der Waals surface area (Å²) in [5, 5.41) is 3.15. The minimum atomic E-state index is -0.478. The summed E-state index contributed by atoms with van der Waals surface area (Å²) in [7, 11) is 1.93. The molecule has 6 heteroatoms. The highest BCUT2D eigenvalue weighted by molar-refractivity contribution is 6.04. The molecule has 26 heavy (non-hydrogen) atoms. The number of nitrogens with two attached hydrogens (primary N) is 1. The molecule has 0 spiro atoms. The summed E-state index contributed by atoms with van der Waals surface area (Å²) in [5.41, 5.74) is 10.5. The van der Waals surface area contributed by atoms with E-state index in [2.05, 4.69) is 32.1 Å². The van der Waals surface area contributed by atoms with Crippen LogP contribution in [0, 0.1) is 0 Å². The second-order valence-corrected chi connectivity index (χ2v) is 6.16. The van der Waals surface area contributed by atoms with Gasteiger partial charge in [-0.3, -0.25) is 4.79 Å². The molecule has 2 aromatic heterocycles. The Kier molecular flexibility index (Phi) is 4.02. The first-order valence-electron chi connectivity index (χ1n) is 8.36. The van der Waals surface area contributed by atoms with E-state index in [1.807, 2.05) is 43.6 Å². The van der Waals surface area contributed by atoms with E-state index in [9.17, 15) is 4.79 Å². The predicted octanol–water partition coefficient (Wildman–Crippen LogP) is 2.84. The number of imidazole rings is 1. The van der Waals surface area contributed by atoms with Crippen LogP contribution < -0.4 is 11.1 Å². The Morgan fingerprint density at radius 1 is 1.19 bits per heavy atom. The van der Waals surface area contributed by atoms with Gasteiger partial charge in [0.2, 0.25) is 0 Å². The molecule has 1 amide bonds. The summed E-state index contributed by atoms with van der Waals surface area (Å²) in [6.07, 6.45) is 4.15. The van der Waals surface area contributed by atoms with Crippen LogP contribution in [-0.4, -0.2) is 27.5 Å². The van der Waals surface area contributed by atoms with Crippen LogP contribution >= 0.6 is 0 Å². The number of amides is 1. The minimum Gasteiger partial charge on any atom is -0.366 e. The number of nitrogens with one attached hydrogen (secondary N) is 2. The van der Waals surface area contributed by atoms with Gasteiger partial charge in [-0.1, -0.05) is 6.07 Å². The standard InChI is InChI=1S/C20H19N5O/c1-22-11-13-9-10-25(12-13)15-7-5-14(6-8-15)20-23-17-4-2-3-16(19(21)26)18(17)24-20/h2-10,12,22H,11H2,1H3,(H2,21,26)(H,23,24). The van der Waals surface area contributed by atoms with Crippen molar-refractivity contribution in [2.24, 2.45) is 5.73 Å². The summed E-state index contributed by atoms with van der Waals surface area (Å²) in [6.45, 7) is 0.840. The first kappa shape index (κ1) is 16.1. The van der Waals surface area contributed by atoms with Crippen molar-refractivity contribution in [1.29, 1.82) is 0 Å². The smallest absolute Gasteiger partial charge is 0.250 e. The number of rotatable bonds is 5. The fourth-order valence-corrected chi connectivity index (χ4v) is 3.07. The molecule has 0 atom stereocenters. The maximum absolute atomic E-state index is 11.6. The molecule has 0 unspecified atom stereocenters. The van der Waals surface area contributed by atoms with Crippen LogP contribution in [0.4, 0.5) is 0 Å². The Labute approximate surface area is 150 Å². The molecule has 4 rings (SSSR count). The maximum atomic E-state index is 11.6. The van der Waals surface area contributed by atoms with Crippen molar-refractivity contribution in [3.8, 4) is 17.1 Å². The Balaban J connectivity index is 1.67. The van der Waals surface area contributed by atoms with Crippen molar-refractivity contribution >= 4 is 16.9 Å². The van der Waals surface area contributed by atoms with Gasteiger partial charge in [0, 0.05) is 30.2 Å². The summed E-state index contributed by atoms with van der Waals surface area (Å²) in [5.74, 6) is 0.234. The molecule has 130 valence electrons. The zero-order chi connectivity index (χ0) is 18.1. The van der Waals surface area contributed by atoms with Gasteiger partial charge in [0.05, 0.1) is 11.1 Å². The van der Waals surface area contributed by atoms with E-state index < -0.39 is 5.91 Å². The monoisotopic (exact) mass is 345 g/mol. The molecular formula is C20H19N5O. The first-order chi connectivity index (χ1) is 12.7. The van der Waals surface area contributed by atoms with Gasteiger partial charge in [-0.2, -0.15) is 0 Å². The average molecular weight is 345 g/mol. The number of aromatic amines is 1. The van der Waals surface area contributed by atoms with E-state index >= 15 is 0 Å². The fourth-order valence-electron chi connectivity index (χ4n) is 3.07. The van der Waals surface area contributed by atoms with Crippen LogP contribution in [-0.2, 0) is 6.54 Å². The molecule has 0 radical (unpaired) electrons. The number of nitrogens with zero attached hydrogens (tertiary/aromatic N) is 2. The molecule has 4 N–H and O–H groups in total. The number of para-hydroxylation sites is 1. The largest absolute Gasteiger partial charge is 0.366 e. The van der Waals surface area contributed by atoms with E-state index in [-0.39, 0.29) is 0 Å². The number of hydrogen-bond donors (Lipinski definition) is 3. The van der Waals surface area contributed by atoms with Crippen LogP contribution in [0.15, 0.2) is 60.9 Å². The summed E-state index contributed by atoms with van der Waals surface area (Å²) < 4.78 is 2.08. The summed E-state index contributed by atoms with van der Waals surface area (Å²) in [6, 6.07) is 15.6. The lowest BCUT2D eigenvalue weighted by Crippen LogP contribution is -2.11. The number of aromatic nitrogens is 3. The normalized spacial score (nSPS) is 11.1. The van der Waals surface area contributed by atoms with E-state index in [1.54, 1.807) is 12.1 Å². The zero-order valence-electron chi connectivity index (χ0n) is 14.4. The zero-order valence-corrected chi connectivity index (χ0v) is 14.4. The number of carbonyl (C=O) groups is 1. The second kappa shape index (κ2) is 6.50. The average Bonchev–Trinajstić information content (AvgIpc) is 3.28. The summed E-state index contributed by atoms with van der Waals surface area (Å²) in [4.78, 5) is 19.4. The Morgan fingerprint density at radius 2 is 2.00 bits per heavy atom. The lowest BCUT2D eigenvalue weighted by Gasteiger charge is -2.04. The molecule has 0 saturated carbocycles. The van der Waals surface area contributed by atoms with Crippen molar-refractivity contribution in [2.45, 2.75) is 6.54 Å². The highest BCUT2D eigenvalue weighted by Gasteiger charge is 2.12. The highest BCUT2D eigenvalue weighted by Crippen LogP contribution is 2.24. The van der Waals surface area contributed by atoms with Gasteiger partial charge < -0.3 is 20.6 Å². The molecule has 0 aliphatic rings. The van der Waals surface area contributed by atoms with Gasteiger partial charge in [-0.15, -0.1) is 0 Å². The van der Waals surface area contributed by atoms with Gasteiger partial charge in [-0.25, -0.2) is 4.98 Å². The van der Waals surface area contributed by atoms with Crippen molar-refractivity contribution in [2.75, 3.05) is 7.05 Å². The molecule has 2 heterocycles. The van der Waals surface area contributed by atoms with Gasteiger partial charge >= 0.3 is 0 Å². The fraction of sp³-hybridized carbons (Fsp3) is 0.100. The highest BCUT2D eigenvalue weighted by atomic mass is 16.1. The van der Waals surface area contributed by atoms with E-state index in [4.69, 9.17) is 5.73 Å². The number of H-pyrrole nitrogens is 1. The molecule has 4 aromatic rings. The van der Waals surface area contributed by atoms with Crippen molar-refractivity contribution in [1.82, 2.24) is 19.9 Å². The third-order valence-corrected chi connectivity index (χ3v) is 4.35. The second-order valence-electron chi connectivity index (χ2n) is 6.16. The van der Waals surface area contributed by atoms with Crippen molar-refractivity contribution in [3.05, 3.63) is 72.1 Å². The number of hydrogen-bond acceptors (Lipinski definition) is 3. The van der Waals surface area contributed by atoms with Crippen molar-refractivity contribution in [3.63, 3.8) is 0 Å². The number of carbonyl (C=O) groups excluding carboxylic acids is 1. The predicted molar refractivity (Wildman–Crippen MR) is 102 cm³/mol. The van der Waals surface area contributed by atoms with Crippen LogP contribution in [0.2, 0.25) is 0 Å². The van der Waals surface area contributed by atoms with Crippen LogP contribution in [0.3, 0.4) is 0 Å². The topological polar surface area (TPSA) is 88.7 Å². The third kappa shape index (κ3) is 2.87. The number of primary amides is 1. The lowest BCUT2D eigenvalue weighted by molar-refractivity contribution is 0.100. The lowest BCUT2D eigenvalue weighted by atomic mass is 10.2. The van der Waals surface area contributed by atoms with Crippen LogP contribution in [0.5, 0.6) is 0 Å². The van der Waals surface area contributed by atoms with Gasteiger partial charge in [0.25, 0.3) is 5.91 Å². The minimum absolute atomic E-state index is 0.422. The van der Waals surface area contributed by atoms with Gasteiger partial charge in [0.1, 0.15) is 11.3 Å². The van der Waals surface area contributed by atoms with E-state index in [0.717, 1.165) is 23.3 Å². The number of fused-ring (bicyclic) bond motifs is 1. The van der Waals surface area contributed by atoms with Crippen LogP contribution in [0.25, 0.3) is 28.1 Å². The van der Waals surface area contributed by atoms with Crippen LogP contribution in [0.1, 0.15) is 15.9 Å². The quantitative estimate of drug-likeness (QED) is 0.520. The van der Waals surface area contributed by atoms with E-state index in [0.29, 0.717) is 16.9 Å². The van der Waals surface area contributed by atoms with Crippen molar-refractivity contribution < 1.29 is 4.79 Å². The molecule has 0 aliphatic heterocycles. The molecule has 6 nitrogen and oxygen atoms in total. The van der Waals surface area contributed by atoms with E-state index in [1.165, 1.54) is 5.56 Å². The SMILES string of the molecule is CNCc1ccn(-c2ccc(-c3nc4c(C(N)=O)cccc4[nH]3)cc2)c1. The summed E-state index contributed by atoms with van der Waals surface area (Å²) >= 11 is 0. The Morgan fingerprint density at radius 3 is 2.73 bits per heavy atom. The first-order valence-corrected chi connectivity index (χ1v) is 8.36. The molecule has 0 aliphatic carbocycles. The Bertz CT molecular complexity index is 1080. The third-order valence-electron chi connectivity index (χ3n) is 4.35. The molecular weight excluding hydrogens is 326 g/mol. The Hall–Kier alpha value is -3.38. The molecule has 2 aromatic carbocycles. The number of benzene rings is 2. The van der Waals surface area contributed by atoms with Gasteiger partial charge in [0.15, 0.2) is 0 Å². The maximum Gasteiger partial charge on any atom is 0.250 e. The molecule has 0 saturated heterocycles.